The molecule has 0 bridgehead atoms. The Hall–Kier alpha value is -3.20. The molecule has 4 rings (SSSR count). The van der Waals surface area contributed by atoms with Crippen molar-refractivity contribution >= 4 is 21.4 Å². The van der Waals surface area contributed by atoms with Crippen molar-refractivity contribution in [3.8, 4) is 11.5 Å². The highest BCUT2D eigenvalue weighted by Crippen LogP contribution is 2.36. The van der Waals surface area contributed by atoms with E-state index in [-0.39, 0.29) is 27.4 Å². The second kappa shape index (κ2) is 9.12. The van der Waals surface area contributed by atoms with Crippen LogP contribution in [0.5, 0.6) is 0 Å². The van der Waals surface area contributed by atoms with E-state index in [4.69, 9.17) is 4.42 Å². The first-order valence-corrected chi connectivity index (χ1v) is 12.2. The van der Waals surface area contributed by atoms with E-state index >= 15 is 0 Å². The van der Waals surface area contributed by atoms with Crippen LogP contribution in [0.25, 0.3) is 11.5 Å². The van der Waals surface area contributed by atoms with Crippen molar-refractivity contribution in [1.29, 1.82) is 0 Å². The van der Waals surface area contributed by atoms with Gasteiger partial charge in [0.1, 0.15) is 0 Å². The first kappa shape index (κ1) is 22.0. The minimum Gasteiger partial charge on any atom is -0.419 e. The molecule has 0 aliphatic carbocycles. The third-order valence-corrected chi connectivity index (χ3v) is 7.34. The average Bonchev–Trinajstić information content (AvgIpc) is 3.09. The molecule has 0 spiro atoms. The summed E-state index contributed by atoms with van der Waals surface area (Å²) in [6, 6.07) is 12.6. The standard InChI is InChI=1S/C23H25N3O5S/c1-2-17-10-12-20(13-11-17)32(29,30)22-23(25-14-5-3-4-6-15-25)31-21(24-22)18-8-7-9-19(16-18)26(27)28/h7-13,16H,2-6,14-15H2,1H3. The van der Waals surface area contributed by atoms with E-state index in [9.17, 15) is 18.5 Å². The van der Waals surface area contributed by atoms with Gasteiger partial charge in [-0.25, -0.2) is 8.42 Å². The van der Waals surface area contributed by atoms with Crippen LogP contribution in [0.15, 0.2) is 62.9 Å². The third kappa shape index (κ3) is 4.38. The highest BCUT2D eigenvalue weighted by Gasteiger charge is 2.32. The van der Waals surface area contributed by atoms with Crippen LogP contribution in [-0.2, 0) is 16.3 Å². The third-order valence-electron chi connectivity index (χ3n) is 5.67. The fourth-order valence-corrected chi connectivity index (χ4v) is 5.16. The zero-order valence-electron chi connectivity index (χ0n) is 17.9. The summed E-state index contributed by atoms with van der Waals surface area (Å²) in [6.45, 7) is 3.34. The summed E-state index contributed by atoms with van der Waals surface area (Å²) >= 11 is 0. The van der Waals surface area contributed by atoms with Crippen LogP contribution in [0.2, 0.25) is 0 Å². The molecule has 1 aliphatic heterocycles. The van der Waals surface area contributed by atoms with Gasteiger partial charge in [-0.15, -0.1) is 0 Å². The zero-order chi connectivity index (χ0) is 22.7. The Labute approximate surface area is 187 Å². The topological polar surface area (TPSA) is 107 Å². The molecule has 2 aromatic carbocycles. The van der Waals surface area contributed by atoms with Crippen LogP contribution in [0, 0.1) is 10.1 Å². The van der Waals surface area contributed by atoms with Gasteiger partial charge in [0.25, 0.3) is 5.69 Å². The van der Waals surface area contributed by atoms with Gasteiger partial charge in [0.15, 0.2) is 0 Å². The van der Waals surface area contributed by atoms with E-state index in [0.29, 0.717) is 18.7 Å². The number of aryl methyl sites for hydroxylation is 1. The van der Waals surface area contributed by atoms with Gasteiger partial charge in [-0.2, -0.15) is 4.98 Å². The van der Waals surface area contributed by atoms with Crippen LogP contribution in [0.1, 0.15) is 38.2 Å². The molecule has 0 unspecified atom stereocenters. The fraction of sp³-hybridized carbons (Fsp3) is 0.348. The van der Waals surface area contributed by atoms with Crippen molar-refractivity contribution in [2.24, 2.45) is 0 Å². The largest absolute Gasteiger partial charge is 0.419 e. The highest BCUT2D eigenvalue weighted by atomic mass is 32.2. The minimum atomic E-state index is -3.95. The molecule has 0 saturated carbocycles. The molecule has 8 nitrogen and oxygen atoms in total. The SMILES string of the molecule is CCc1ccc(S(=O)(=O)c2nc(-c3cccc([N+](=O)[O-])c3)oc2N2CCCCCC2)cc1. The van der Waals surface area contributed by atoms with E-state index in [2.05, 4.69) is 4.98 Å². The summed E-state index contributed by atoms with van der Waals surface area (Å²) in [5.74, 6) is 0.254. The monoisotopic (exact) mass is 455 g/mol. The van der Waals surface area contributed by atoms with Crippen LogP contribution in [-0.4, -0.2) is 31.4 Å². The zero-order valence-corrected chi connectivity index (χ0v) is 18.7. The summed E-state index contributed by atoms with van der Waals surface area (Å²) in [4.78, 5) is 17.1. The summed E-state index contributed by atoms with van der Waals surface area (Å²) < 4.78 is 33.1. The van der Waals surface area contributed by atoms with Gasteiger partial charge < -0.3 is 9.32 Å². The lowest BCUT2D eigenvalue weighted by atomic mass is 10.2. The fourth-order valence-electron chi connectivity index (χ4n) is 3.84. The van der Waals surface area contributed by atoms with Crippen LogP contribution < -0.4 is 4.90 Å². The van der Waals surface area contributed by atoms with Crippen molar-refractivity contribution in [1.82, 2.24) is 4.98 Å². The molecule has 1 aliphatic rings. The Balaban J connectivity index is 1.84. The number of nitrogens with zero attached hydrogens (tertiary/aromatic N) is 3. The Morgan fingerprint density at radius 1 is 1.06 bits per heavy atom. The van der Waals surface area contributed by atoms with E-state index in [1.54, 1.807) is 30.3 Å². The smallest absolute Gasteiger partial charge is 0.270 e. The van der Waals surface area contributed by atoms with Crippen molar-refractivity contribution < 1.29 is 17.8 Å². The lowest BCUT2D eigenvalue weighted by molar-refractivity contribution is -0.384. The predicted molar refractivity (Wildman–Crippen MR) is 121 cm³/mol. The first-order valence-electron chi connectivity index (χ1n) is 10.7. The summed E-state index contributed by atoms with van der Waals surface area (Å²) in [5.41, 5.74) is 1.28. The van der Waals surface area contributed by atoms with Gasteiger partial charge in [-0.3, -0.25) is 10.1 Å². The van der Waals surface area contributed by atoms with Crippen molar-refractivity contribution in [2.75, 3.05) is 18.0 Å². The molecule has 0 atom stereocenters. The minimum absolute atomic E-state index is 0.0525. The lowest BCUT2D eigenvalue weighted by Crippen LogP contribution is -2.25. The molecule has 2 heterocycles. The maximum atomic E-state index is 13.5. The Kier molecular flexibility index (Phi) is 6.27. The van der Waals surface area contributed by atoms with Gasteiger partial charge in [0.05, 0.1) is 9.82 Å². The Morgan fingerprint density at radius 3 is 2.38 bits per heavy atom. The molecular weight excluding hydrogens is 430 g/mol. The number of sulfone groups is 1. The molecule has 1 fully saturated rings. The first-order chi connectivity index (χ1) is 15.4. The number of benzene rings is 2. The van der Waals surface area contributed by atoms with Gasteiger partial charge in [0, 0.05) is 30.8 Å². The van der Waals surface area contributed by atoms with Crippen LogP contribution in [0.4, 0.5) is 11.6 Å². The van der Waals surface area contributed by atoms with Gasteiger partial charge in [-0.1, -0.05) is 38.0 Å². The molecule has 0 N–H and O–H groups in total. The van der Waals surface area contributed by atoms with Crippen LogP contribution in [0.3, 0.4) is 0 Å². The number of aromatic nitrogens is 1. The highest BCUT2D eigenvalue weighted by molar-refractivity contribution is 7.91. The Bertz CT molecular complexity index is 1210. The van der Waals surface area contributed by atoms with Gasteiger partial charge >= 0.3 is 0 Å². The van der Waals surface area contributed by atoms with Crippen molar-refractivity contribution in [2.45, 2.75) is 48.9 Å². The average molecular weight is 456 g/mol. The summed E-state index contributed by atoms with van der Waals surface area (Å²) in [5, 5.41) is 11.0. The number of hydrogen-bond donors (Lipinski definition) is 0. The number of non-ortho nitro benzene ring substituents is 1. The maximum absolute atomic E-state index is 13.5. The number of rotatable bonds is 6. The van der Waals surface area contributed by atoms with Gasteiger partial charge in [-0.05, 0) is 43.0 Å². The second-order valence-corrected chi connectivity index (χ2v) is 9.70. The van der Waals surface area contributed by atoms with Gasteiger partial charge in [0.2, 0.25) is 26.6 Å². The normalized spacial score (nSPS) is 14.8. The molecule has 0 radical (unpaired) electrons. The van der Waals surface area contributed by atoms with Crippen molar-refractivity contribution in [3.63, 3.8) is 0 Å². The van der Waals surface area contributed by atoms with E-state index in [1.165, 1.54) is 18.2 Å². The molecular formula is C23H25N3O5S. The van der Waals surface area contributed by atoms with Crippen LogP contribution >= 0.6 is 0 Å². The Morgan fingerprint density at radius 2 is 1.75 bits per heavy atom. The number of oxazole rings is 1. The number of hydrogen-bond acceptors (Lipinski definition) is 7. The quantitative estimate of drug-likeness (QED) is 0.379. The summed E-state index contributed by atoms with van der Waals surface area (Å²) in [6.07, 6.45) is 4.81. The van der Waals surface area contributed by atoms with E-state index in [1.807, 2.05) is 11.8 Å². The molecule has 1 saturated heterocycles. The molecule has 168 valence electrons. The van der Waals surface area contributed by atoms with E-state index < -0.39 is 14.8 Å². The number of nitro groups is 1. The molecule has 1 aromatic heterocycles. The lowest BCUT2D eigenvalue weighted by Gasteiger charge is -2.20. The molecule has 32 heavy (non-hydrogen) atoms. The summed E-state index contributed by atoms with van der Waals surface area (Å²) in [7, 11) is -3.95. The number of nitro benzene ring substituents is 1. The maximum Gasteiger partial charge on any atom is 0.270 e. The molecule has 0 amide bonds. The number of anilines is 1. The molecule has 3 aromatic rings. The molecule has 9 heteroatoms. The predicted octanol–water partition coefficient (Wildman–Crippen LogP) is 5.03. The second-order valence-electron chi connectivity index (χ2n) is 7.84. The van der Waals surface area contributed by atoms with Crippen molar-refractivity contribution in [3.05, 3.63) is 64.2 Å². The van der Waals surface area contributed by atoms with E-state index in [0.717, 1.165) is 37.7 Å².